The Kier molecular flexibility index (Phi) is 4.14. The maximum absolute atomic E-state index is 13.7. The number of hydrogen-bond donors (Lipinski definition) is 2. The Morgan fingerprint density at radius 1 is 1.24 bits per heavy atom. The number of benzene rings is 2. The van der Waals surface area contributed by atoms with Gasteiger partial charge in [0.25, 0.3) is 0 Å². The lowest BCUT2D eigenvalue weighted by Gasteiger charge is -2.09. The van der Waals surface area contributed by atoms with E-state index in [2.05, 4.69) is 5.32 Å². The number of rotatable bonds is 4. The average molecular weight is 288 g/mol. The Morgan fingerprint density at radius 3 is 2.67 bits per heavy atom. The molecule has 4 nitrogen and oxygen atoms in total. The molecule has 0 saturated carbocycles. The molecule has 0 radical (unpaired) electrons. The van der Waals surface area contributed by atoms with E-state index in [4.69, 9.17) is 10.4 Å². The molecule has 2 N–H and O–H groups in total. The van der Waals surface area contributed by atoms with Crippen LogP contribution >= 0.6 is 0 Å². The predicted octanol–water partition coefficient (Wildman–Crippen LogP) is 3.15. The van der Waals surface area contributed by atoms with Crippen molar-refractivity contribution >= 4 is 11.7 Å². The van der Waals surface area contributed by atoms with Gasteiger partial charge in [-0.3, -0.25) is 0 Å². The number of hydrogen-bond acceptors (Lipinski definition) is 3. The second kappa shape index (κ2) is 6.01. The second-order valence-electron chi connectivity index (χ2n) is 4.26. The molecule has 6 heteroatoms. The van der Waals surface area contributed by atoms with Crippen molar-refractivity contribution in [3.63, 3.8) is 0 Å². The van der Waals surface area contributed by atoms with Gasteiger partial charge in [0.05, 0.1) is 22.9 Å². The molecular formula is C15H10F2N2O2. The quantitative estimate of drug-likeness (QED) is 0.906. The third-order valence-electron chi connectivity index (χ3n) is 2.85. The fourth-order valence-corrected chi connectivity index (χ4v) is 1.80. The highest BCUT2D eigenvalue weighted by Gasteiger charge is 2.17. The highest BCUT2D eigenvalue weighted by molar-refractivity contribution is 5.88. The first kappa shape index (κ1) is 14.5. The lowest BCUT2D eigenvalue weighted by atomic mass is 10.1. The number of carboxylic acids is 1. The summed E-state index contributed by atoms with van der Waals surface area (Å²) in [5.41, 5.74) is 0.322. The number of halogens is 2. The summed E-state index contributed by atoms with van der Waals surface area (Å²) in [5.74, 6) is -4.18. The molecule has 2 aromatic carbocycles. The van der Waals surface area contributed by atoms with Crippen LogP contribution in [0.2, 0.25) is 0 Å². The lowest BCUT2D eigenvalue weighted by Crippen LogP contribution is -2.07. The van der Waals surface area contributed by atoms with Gasteiger partial charge in [0.1, 0.15) is 0 Å². The molecule has 0 fully saturated rings. The highest BCUT2D eigenvalue weighted by atomic mass is 19.2. The molecule has 0 atom stereocenters. The molecule has 0 aromatic heterocycles. The molecule has 21 heavy (non-hydrogen) atoms. The first-order valence-electron chi connectivity index (χ1n) is 5.97. The van der Waals surface area contributed by atoms with E-state index in [1.807, 2.05) is 6.07 Å². The van der Waals surface area contributed by atoms with E-state index in [9.17, 15) is 13.6 Å². The molecule has 0 saturated heterocycles. The van der Waals surface area contributed by atoms with Crippen molar-refractivity contribution in [3.05, 3.63) is 64.7 Å². The number of nitrogens with zero attached hydrogens (tertiary/aromatic N) is 1. The SMILES string of the molecule is N#Cc1cccc(CNc2ccc(C(=O)O)c(F)c2F)c1. The summed E-state index contributed by atoms with van der Waals surface area (Å²) in [6.07, 6.45) is 0. The van der Waals surface area contributed by atoms with Crippen molar-refractivity contribution < 1.29 is 18.7 Å². The predicted molar refractivity (Wildman–Crippen MR) is 71.8 cm³/mol. The molecule has 0 spiro atoms. The van der Waals surface area contributed by atoms with Crippen LogP contribution in [0.4, 0.5) is 14.5 Å². The van der Waals surface area contributed by atoms with Gasteiger partial charge in [0.15, 0.2) is 11.6 Å². The Balaban J connectivity index is 2.19. The first-order chi connectivity index (χ1) is 10.0. The van der Waals surface area contributed by atoms with Crippen LogP contribution in [0.3, 0.4) is 0 Å². The highest BCUT2D eigenvalue weighted by Crippen LogP contribution is 2.21. The first-order valence-corrected chi connectivity index (χ1v) is 5.97. The number of nitriles is 1. The Morgan fingerprint density at radius 2 is 2.00 bits per heavy atom. The normalized spacial score (nSPS) is 9.95. The molecule has 0 aliphatic rings. The molecule has 0 heterocycles. The lowest BCUT2D eigenvalue weighted by molar-refractivity contribution is 0.0690. The minimum absolute atomic E-state index is 0.139. The van der Waals surface area contributed by atoms with E-state index in [-0.39, 0.29) is 12.2 Å². The molecule has 2 aromatic rings. The van der Waals surface area contributed by atoms with Crippen LogP contribution in [-0.2, 0) is 6.54 Å². The van der Waals surface area contributed by atoms with Crippen LogP contribution < -0.4 is 5.32 Å². The standard InChI is InChI=1S/C15H10F2N2O2/c16-13-11(15(20)21)4-5-12(14(13)17)19-8-10-3-1-2-9(6-10)7-18/h1-6,19H,8H2,(H,20,21). The second-order valence-corrected chi connectivity index (χ2v) is 4.26. The summed E-state index contributed by atoms with van der Waals surface area (Å²) in [4.78, 5) is 10.7. The van der Waals surface area contributed by atoms with Gasteiger partial charge in [0.2, 0.25) is 0 Å². The van der Waals surface area contributed by atoms with Crippen molar-refractivity contribution in [2.75, 3.05) is 5.32 Å². The zero-order chi connectivity index (χ0) is 15.4. The van der Waals surface area contributed by atoms with Crippen LogP contribution in [0, 0.1) is 23.0 Å². The number of anilines is 1. The summed E-state index contributed by atoms with van der Waals surface area (Å²) in [6.45, 7) is 0.179. The van der Waals surface area contributed by atoms with Gasteiger partial charge in [-0.05, 0) is 29.8 Å². The number of carbonyl (C=O) groups is 1. The fourth-order valence-electron chi connectivity index (χ4n) is 1.80. The van der Waals surface area contributed by atoms with Gasteiger partial charge in [-0.1, -0.05) is 12.1 Å². The van der Waals surface area contributed by atoms with Crippen molar-refractivity contribution in [2.45, 2.75) is 6.54 Å². The van der Waals surface area contributed by atoms with E-state index in [0.29, 0.717) is 5.56 Å². The molecule has 0 bridgehead atoms. The minimum Gasteiger partial charge on any atom is -0.478 e. The third-order valence-corrected chi connectivity index (χ3v) is 2.85. The summed E-state index contributed by atoms with van der Waals surface area (Å²) in [5, 5.41) is 20.1. The Bertz CT molecular complexity index is 739. The summed E-state index contributed by atoms with van der Waals surface area (Å²) in [7, 11) is 0. The van der Waals surface area contributed by atoms with Crippen molar-refractivity contribution in [3.8, 4) is 6.07 Å². The maximum Gasteiger partial charge on any atom is 0.338 e. The van der Waals surface area contributed by atoms with Crippen molar-refractivity contribution in [1.82, 2.24) is 0 Å². The van der Waals surface area contributed by atoms with E-state index in [0.717, 1.165) is 17.7 Å². The monoisotopic (exact) mass is 288 g/mol. The van der Waals surface area contributed by atoms with Gasteiger partial charge in [-0.2, -0.15) is 5.26 Å². The molecular weight excluding hydrogens is 278 g/mol. The van der Waals surface area contributed by atoms with Crippen LogP contribution in [0.15, 0.2) is 36.4 Å². The summed E-state index contributed by atoms with van der Waals surface area (Å²) in [6, 6.07) is 10.8. The smallest absolute Gasteiger partial charge is 0.338 e. The van der Waals surface area contributed by atoms with E-state index in [1.54, 1.807) is 24.3 Å². The molecule has 0 aliphatic heterocycles. The Hall–Kier alpha value is -2.94. The van der Waals surface area contributed by atoms with Crippen molar-refractivity contribution in [2.24, 2.45) is 0 Å². The van der Waals surface area contributed by atoms with Crippen LogP contribution in [0.25, 0.3) is 0 Å². The fraction of sp³-hybridized carbons (Fsp3) is 0.0667. The van der Waals surface area contributed by atoms with Crippen molar-refractivity contribution in [1.29, 1.82) is 5.26 Å². The van der Waals surface area contributed by atoms with Gasteiger partial charge in [0, 0.05) is 6.54 Å². The number of aromatic carboxylic acids is 1. The van der Waals surface area contributed by atoms with Crippen LogP contribution in [-0.4, -0.2) is 11.1 Å². The molecule has 0 unspecified atom stereocenters. The largest absolute Gasteiger partial charge is 0.478 e. The average Bonchev–Trinajstić information content (AvgIpc) is 2.48. The minimum atomic E-state index is -1.53. The van der Waals surface area contributed by atoms with Gasteiger partial charge in [-0.25, -0.2) is 13.6 Å². The third kappa shape index (κ3) is 3.15. The van der Waals surface area contributed by atoms with Crippen LogP contribution in [0.5, 0.6) is 0 Å². The van der Waals surface area contributed by atoms with Gasteiger partial charge in [-0.15, -0.1) is 0 Å². The number of nitrogens with one attached hydrogen (secondary N) is 1. The van der Waals surface area contributed by atoms with Gasteiger partial charge >= 0.3 is 5.97 Å². The number of carboxylic acid groups (broad SMARTS) is 1. The van der Waals surface area contributed by atoms with Crippen LogP contribution in [0.1, 0.15) is 21.5 Å². The maximum atomic E-state index is 13.7. The van der Waals surface area contributed by atoms with E-state index >= 15 is 0 Å². The van der Waals surface area contributed by atoms with Gasteiger partial charge < -0.3 is 10.4 Å². The van der Waals surface area contributed by atoms with E-state index < -0.39 is 23.2 Å². The molecule has 106 valence electrons. The zero-order valence-electron chi connectivity index (χ0n) is 10.7. The molecule has 2 rings (SSSR count). The zero-order valence-corrected chi connectivity index (χ0v) is 10.7. The summed E-state index contributed by atoms with van der Waals surface area (Å²) >= 11 is 0. The van der Waals surface area contributed by atoms with E-state index in [1.165, 1.54) is 0 Å². The molecule has 0 aliphatic carbocycles. The Labute approximate surface area is 119 Å². The summed E-state index contributed by atoms with van der Waals surface area (Å²) < 4.78 is 27.2. The topological polar surface area (TPSA) is 73.1 Å². The molecule has 0 amide bonds.